The minimum atomic E-state index is 0.515. The zero-order chi connectivity index (χ0) is 13.8. The molecule has 0 aliphatic rings. The molecule has 0 aliphatic heterocycles. The molecular formula is C17H18O2. The van der Waals surface area contributed by atoms with E-state index < -0.39 is 0 Å². The molecule has 0 saturated heterocycles. The van der Waals surface area contributed by atoms with Crippen LogP contribution in [-0.2, 0) is 0 Å². The zero-order valence-corrected chi connectivity index (χ0v) is 11.5. The van der Waals surface area contributed by atoms with E-state index in [2.05, 4.69) is 26.8 Å². The summed E-state index contributed by atoms with van der Waals surface area (Å²) < 4.78 is 5.78. The van der Waals surface area contributed by atoms with Crippen LogP contribution in [-0.4, -0.2) is 6.29 Å². The molecule has 0 amide bonds. The van der Waals surface area contributed by atoms with E-state index in [4.69, 9.17) is 4.74 Å². The highest BCUT2D eigenvalue weighted by molar-refractivity contribution is 5.74. The molecule has 0 heterocycles. The summed E-state index contributed by atoms with van der Waals surface area (Å²) in [7, 11) is 0. The third-order valence-electron chi connectivity index (χ3n) is 3.12. The first kappa shape index (κ1) is 13.3. The van der Waals surface area contributed by atoms with Gasteiger partial charge in [-0.3, -0.25) is 4.79 Å². The van der Waals surface area contributed by atoms with Crippen LogP contribution in [0.25, 0.3) is 0 Å². The molecule has 0 fully saturated rings. The van der Waals surface area contributed by atoms with Gasteiger partial charge in [-0.2, -0.15) is 0 Å². The molecule has 2 heteroatoms. The third-order valence-corrected chi connectivity index (χ3v) is 3.12. The summed E-state index contributed by atoms with van der Waals surface area (Å²) >= 11 is 0. The van der Waals surface area contributed by atoms with Crippen molar-refractivity contribution in [2.24, 2.45) is 0 Å². The molecule has 0 aromatic heterocycles. The molecular weight excluding hydrogens is 236 g/mol. The maximum absolute atomic E-state index is 10.6. The van der Waals surface area contributed by atoms with Crippen LogP contribution in [0.15, 0.2) is 42.5 Å². The first-order chi connectivity index (χ1) is 9.10. The summed E-state index contributed by atoms with van der Waals surface area (Å²) in [6, 6.07) is 13.2. The predicted octanol–water partition coefficient (Wildman–Crippen LogP) is 4.72. The van der Waals surface area contributed by atoms with Crippen LogP contribution < -0.4 is 4.74 Å². The summed E-state index contributed by atoms with van der Waals surface area (Å²) in [4.78, 5) is 10.6. The molecule has 2 rings (SSSR count). The highest BCUT2D eigenvalue weighted by atomic mass is 16.5. The molecule has 0 aliphatic carbocycles. The summed E-state index contributed by atoms with van der Waals surface area (Å²) in [5, 5.41) is 0. The molecule has 0 saturated carbocycles. The minimum absolute atomic E-state index is 0.515. The van der Waals surface area contributed by atoms with E-state index >= 15 is 0 Å². The van der Waals surface area contributed by atoms with Gasteiger partial charge in [-0.05, 0) is 60.4 Å². The number of hydrogen-bond acceptors (Lipinski definition) is 2. The van der Waals surface area contributed by atoms with Crippen LogP contribution in [0.5, 0.6) is 11.5 Å². The van der Waals surface area contributed by atoms with Crippen molar-refractivity contribution in [2.45, 2.75) is 26.7 Å². The van der Waals surface area contributed by atoms with Gasteiger partial charge in [0.2, 0.25) is 0 Å². The molecule has 19 heavy (non-hydrogen) atoms. The first-order valence-electron chi connectivity index (χ1n) is 6.44. The molecule has 2 aromatic carbocycles. The van der Waals surface area contributed by atoms with Gasteiger partial charge in [0, 0.05) is 5.56 Å². The van der Waals surface area contributed by atoms with Gasteiger partial charge in [0.05, 0.1) is 0 Å². The van der Waals surface area contributed by atoms with Crippen molar-refractivity contribution < 1.29 is 9.53 Å². The average molecular weight is 254 g/mol. The van der Waals surface area contributed by atoms with E-state index in [0.29, 0.717) is 11.5 Å². The van der Waals surface area contributed by atoms with Gasteiger partial charge >= 0.3 is 0 Å². The fourth-order valence-corrected chi connectivity index (χ4v) is 2.11. The number of carbonyl (C=O) groups excluding carboxylic acids is 1. The smallest absolute Gasteiger partial charge is 0.150 e. The quantitative estimate of drug-likeness (QED) is 0.738. The highest BCUT2D eigenvalue weighted by Gasteiger charge is 2.05. The van der Waals surface area contributed by atoms with Crippen molar-refractivity contribution in [3.63, 3.8) is 0 Å². The highest BCUT2D eigenvalue weighted by Crippen LogP contribution is 2.27. The lowest BCUT2D eigenvalue weighted by molar-refractivity contribution is 0.112. The van der Waals surface area contributed by atoms with E-state index in [-0.39, 0.29) is 0 Å². The topological polar surface area (TPSA) is 26.3 Å². The van der Waals surface area contributed by atoms with Crippen LogP contribution in [0.3, 0.4) is 0 Å². The number of carbonyl (C=O) groups is 1. The summed E-state index contributed by atoms with van der Waals surface area (Å²) in [5.41, 5.74) is 3.22. The second-order valence-corrected chi connectivity index (χ2v) is 4.96. The van der Waals surface area contributed by atoms with Crippen molar-refractivity contribution in [1.82, 2.24) is 0 Å². The van der Waals surface area contributed by atoms with E-state index in [1.807, 2.05) is 12.1 Å². The van der Waals surface area contributed by atoms with E-state index in [1.165, 1.54) is 11.1 Å². The maximum Gasteiger partial charge on any atom is 0.150 e. The van der Waals surface area contributed by atoms with Gasteiger partial charge in [0.1, 0.15) is 17.8 Å². The minimum Gasteiger partial charge on any atom is -0.457 e. The molecule has 0 spiro atoms. The lowest BCUT2D eigenvalue weighted by Gasteiger charge is -2.12. The monoisotopic (exact) mass is 254 g/mol. The van der Waals surface area contributed by atoms with Crippen LogP contribution in [0.1, 0.15) is 41.3 Å². The second kappa shape index (κ2) is 5.70. The molecule has 2 aromatic rings. The maximum atomic E-state index is 10.6. The van der Waals surface area contributed by atoms with E-state index in [0.717, 1.165) is 17.8 Å². The number of aldehydes is 1. The molecule has 0 unspecified atom stereocenters. The van der Waals surface area contributed by atoms with Crippen LogP contribution >= 0.6 is 0 Å². The predicted molar refractivity (Wildman–Crippen MR) is 77.2 cm³/mol. The fraction of sp³-hybridized carbons (Fsp3) is 0.235. The van der Waals surface area contributed by atoms with Gasteiger partial charge in [0.15, 0.2) is 0 Å². The Hall–Kier alpha value is -2.09. The Morgan fingerprint density at radius 1 is 1.00 bits per heavy atom. The number of ether oxygens (including phenoxy) is 1. The lowest BCUT2D eigenvalue weighted by atomic mass is 9.98. The second-order valence-electron chi connectivity index (χ2n) is 4.96. The molecule has 2 nitrogen and oxygen atoms in total. The molecule has 98 valence electrons. The van der Waals surface area contributed by atoms with Crippen LogP contribution in [0.4, 0.5) is 0 Å². The van der Waals surface area contributed by atoms with Crippen molar-refractivity contribution in [2.75, 3.05) is 0 Å². The molecule has 0 bridgehead atoms. The normalized spacial score (nSPS) is 10.5. The van der Waals surface area contributed by atoms with Crippen molar-refractivity contribution in [3.8, 4) is 11.5 Å². The van der Waals surface area contributed by atoms with E-state index in [9.17, 15) is 4.79 Å². The van der Waals surface area contributed by atoms with Crippen molar-refractivity contribution >= 4 is 6.29 Å². The lowest BCUT2D eigenvalue weighted by Crippen LogP contribution is -1.93. The number of benzene rings is 2. The third kappa shape index (κ3) is 3.22. The van der Waals surface area contributed by atoms with Gasteiger partial charge in [0.25, 0.3) is 0 Å². The number of aryl methyl sites for hydroxylation is 1. The molecule has 0 radical (unpaired) electrons. The van der Waals surface area contributed by atoms with Crippen molar-refractivity contribution in [3.05, 3.63) is 59.2 Å². The number of rotatable bonds is 4. The van der Waals surface area contributed by atoms with Crippen LogP contribution in [0, 0.1) is 6.92 Å². The molecule has 0 atom stereocenters. The Labute approximate surface area is 114 Å². The Kier molecular flexibility index (Phi) is 4.00. The first-order valence-corrected chi connectivity index (χ1v) is 6.44. The van der Waals surface area contributed by atoms with Crippen molar-refractivity contribution in [1.29, 1.82) is 0 Å². The Morgan fingerprint density at radius 2 is 1.63 bits per heavy atom. The Morgan fingerprint density at radius 3 is 2.16 bits per heavy atom. The van der Waals surface area contributed by atoms with Gasteiger partial charge in [-0.15, -0.1) is 0 Å². The van der Waals surface area contributed by atoms with Gasteiger partial charge < -0.3 is 4.74 Å². The molecule has 0 N–H and O–H groups in total. The van der Waals surface area contributed by atoms with Gasteiger partial charge in [-0.25, -0.2) is 0 Å². The fourth-order valence-electron chi connectivity index (χ4n) is 2.11. The van der Waals surface area contributed by atoms with E-state index in [1.54, 1.807) is 24.3 Å². The summed E-state index contributed by atoms with van der Waals surface area (Å²) in [6.07, 6.45) is 0.825. The van der Waals surface area contributed by atoms with Crippen LogP contribution in [0.2, 0.25) is 0 Å². The van der Waals surface area contributed by atoms with Gasteiger partial charge in [-0.1, -0.05) is 19.9 Å². The number of hydrogen-bond donors (Lipinski definition) is 0. The Bertz CT molecular complexity index is 568. The summed E-state index contributed by atoms with van der Waals surface area (Å²) in [6.45, 7) is 6.46. The Balaban J connectivity index is 2.18. The average Bonchev–Trinajstić information content (AvgIpc) is 2.39. The SMILES string of the molecule is Cc1cc(Oc2ccc(C=O)cc2)ccc1C(C)C. The largest absolute Gasteiger partial charge is 0.457 e. The standard InChI is InChI=1S/C17H18O2/c1-12(2)17-9-8-16(10-13(17)3)19-15-6-4-14(11-18)5-7-15/h4-12H,1-3H3. The summed E-state index contributed by atoms with van der Waals surface area (Å²) in [5.74, 6) is 2.07. The zero-order valence-electron chi connectivity index (χ0n) is 11.5.